The Kier molecular flexibility index (Phi) is 5.07. The minimum absolute atomic E-state index is 0.0407. The average Bonchev–Trinajstić information content (AvgIpc) is 3.35. The highest BCUT2D eigenvalue weighted by atomic mass is 32.1. The Labute approximate surface area is 162 Å². The van der Waals surface area contributed by atoms with Gasteiger partial charge in [0.2, 0.25) is 0 Å². The van der Waals surface area contributed by atoms with Gasteiger partial charge < -0.3 is 9.64 Å². The van der Waals surface area contributed by atoms with E-state index < -0.39 is 0 Å². The van der Waals surface area contributed by atoms with Crippen LogP contribution in [0.15, 0.2) is 29.9 Å². The number of thiazole rings is 1. The van der Waals surface area contributed by atoms with Crippen LogP contribution in [0, 0.1) is 0 Å². The van der Waals surface area contributed by atoms with Crippen LogP contribution in [0.5, 0.6) is 0 Å². The maximum absolute atomic E-state index is 12.8. The summed E-state index contributed by atoms with van der Waals surface area (Å²) in [4.78, 5) is 37.1. The average molecular weight is 386 g/mol. The summed E-state index contributed by atoms with van der Waals surface area (Å²) in [5.41, 5.74) is 1.45. The number of hydrogen-bond donors (Lipinski definition) is 0. The van der Waals surface area contributed by atoms with Gasteiger partial charge in [-0.25, -0.2) is 9.78 Å². The fraction of sp³-hybridized carbons (Fsp3) is 0.474. The molecule has 0 radical (unpaired) electrons. The summed E-state index contributed by atoms with van der Waals surface area (Å²) in [5.74, 6) is -0.0407. The van der Waals surface area contributed by atoms with Crippen molar-refractivity contribution in [1.29, 1.82) is 0 Å². The van der Waals surface area contributed by atoms with Crippen LogP contribution in [0.2, 0.25) is 0 Å². The van der Waals surface area contributed by atoms with Crippen LogP contribution in [0.25, 0.3) is 10.6 Å². The third-order valence-corrected chi connectivity index (χ3v) is 6.16. The van der Waals surface area contributed by atoms with Crippen LogP contribution in [-0.2, 0) is 4.74 Å². The molecule has 2 amide bonds. The van der Waals surface area contributed by atoms with Crippen molar-refractivity contribution in [2.24, 2.45) is 0 Å². The molecule has 2 fully saturated rings. The standard InChI is InChI=1S/C19H22N4O3S/c1-2-14-11-26-19(25)23(14)15-5-9-22(10-6-15)18(24)16-12-27-17(21-16)13-3-7-20-8-4-13/h3-4,7-8,12,14-15H,2,5-6,9-11H2,1H3. The number of rotatable bonds is 4. The number of aromatic nitrogens is 2. The van der Waals surface area contributed by atoms with Gasteiger partial charge in [-0.1, -0.05) is 6.92 Å². The van der Waals surface area contributed by atoms with Crippen LogP contribution in [0.4, 0.5) is 4.79 Å². The Balaban J connectivity index is 1.39. The molecule has 4 rings (SSSR count). The van der Waals surface area contributed by atoms with Gasteiger partial charge >= 0.3 is 6.09 Å². The first-order valence-corrected chi connectivity index (χ1v) is 10.2. The lowest BCUT2D eigenvalue weighted by Crippen LogP contribution is -2.49. The first-order chi connectivity index (χ1) is 13.2. The SMILES string of the molecule is CCC1COC(=O)N1C1CCN(C(=O)c2csc(-c3ccncc3)n2)CC1. The van der Waals surface area contributed by atoms with Crippen molar-refractivity contribution in [3.8, 4) is 10.6 Å². The molecule has 1 unspecified atom stereocenters. The van der Waals surface area contributed by atoms with Crippen LogP contribution >= 0.6 is 11.3 Å². The van der Waals surface area contributed by atoms with Crippen molar-refractivity contribution < 1.29 is 14.3 Å². The monoisotopic (exact) mass is 386 g/mol. The molecule has 7 nitrogen and oxygen atoms in total. The van der Waals surface area contributed by atoms with Crippen LogP contribution in [-0.4, -0.2) is 63.5 Å². The maximum atomic E-state index is 12.8. The summed E-state index contributed by atoms with van der Waals surface area (Å²) < 4.78 is 5.20. The van der Waals surface area contributed by atoms with Gasteiger partial charge in [0.15, 0.2) is 0 Å². The molecule has 0 N–H and O–H groups in total. The third kappa shape index (κ3) is 3.53. The van der Waals surface area contributed by atoms with Gasteiger partial charge in [-0.05, 0) is 31.4 Å². The van der Waals surface area contributed by atoms with E-state index in [2.05, 4.69) is 16.9 Å². The van der Waals surface area contributed by atoms with E-state index in [0.717, 1.165) is 29.8 Å². The Morgan fingerprint density at radius 2 is 2.04 bits per heavy atom. The van der Waals surface area contributed by atoms with Crippen molar-refractivity contribution in [2.45, 2.75) is 38.3 Å². The summed E-state index contributed by atoms with van der Waals surface area (Å²) in [6.07, 6.45) is 5.66. The fourth-order valence-corrected chi connectivity index (χ4v) is 4.54. The van der Waals surface area contributed by atoms with Crippen molar-refractivity contribution in [3.05, 3.63) is 35.6 Å². The molecule has 0 bridgehead atoms. The van der Waals surface area contributed by atoms with E-state index in [-0.39, 0.29) is 24.1 Å². The number of likely N-dealkylation sites (tertiary alicyclic amines) is 1. The minimum Gasteiger partial charge on any atom is -0.447 e. The molecule has 4 heterocycles. The molecule has 0 saturated carbocycles. The van der Waals surface area contributed by atoms with Crippen LogP contribution in [0.1, 0.15) is 36.7 Å². The normalized spacial score (nSPS) is 20.8. The molecule has 27 heavy (non-hydrogen) atoms. The summed E-state index contributed by atoms with van der Waals surface area (Å²) in [7, 11) is 0. The van der Waals surface area contributed by atoms with Gasteiger partial charge in [0.05, 0.1) is 6.04 Å². The highest BCUT2D eigenvalue weighted by molar-refractivity contribution is 7.13. The second-order valence-electron chi connectivity index (χ2n) is 6.84. The lowest BCUT2D eigenvalue weighted by molar-refractivity contribution is 0.0631. The van der Waals surface area contributed by atoms with E-state index >= 15 is 0 Å². The van der Waals surface area contributed by atoms with Gasteiger partial charge in [0, 0.05) is 42.5 Å². The number of ether oxygens (including phenoxy) is 1. The summed E-state index contributed by atoms with van der Waals surface area (Å²) in [6, 6.07) is 4.08. The van der Waals surface area contributed by atoms with Crippen molar-refractivity contribution >= 4 is 23.3 Å². The van der Waals surface area contributed by atoms with Gasteiger partial charge in [-0.2, -0.15) is 0 Å². The first-order valence-electron chi connectivity index (χ1n) is 9.27. The molecular weight excluding hydrogens is 364 g/mol. The smallest absolute Gasteiger partial charge is 0.410 e. The third-order valence-electron chi connectivity index (χ3n) is 5.27. The number of carbonyl (C=O) groups excluding carboxylic acids is 2. The Bertz CT molecular complexity index is 817. The molecule has 2 aromatic rings. The molecule has 2 saturated heterocycles. The molecule has 0 aromatic carbocycles. The van der Waals surface area contributed by atoms with Crippen LogP contribution < -0.4 is 0 Å². The Morgan fingerprint density at radius 1 is 1.30 bits per heavy atom. The predicted molar refractivity (Wildman–Crippen MR) is 102 cm³/mol. The molecule has 1 atom stereocenters. The van der Waals surface area contributed by atoms with Crippen molar-refractivity contribution in [2.75, 3.05) is 19.7 Å². The van der Waals surface area contributed by atoms with Gasteiger partial charge in [-0.15, -0.1) is 11.3 Å². The number of pyridine rings is 1. The van der Waals surface area contributed by atoms with Crippen molar-refractivity contribution in [3.63, 3.8) is 0 Å². The number of amides is 2. The zero-order valence-corrected chi connectivity index (χ0v) is 16.0. The minimum atomic E-state index is -0.215. The molecular formula is C19H22N4O3S. The first kappa shape index (κ1) is 17.9. The maximum Gasteiger partial charge on any atom is 0.410 e. The van der Waals surface area contributed by atoms with Gasteiger partial charge in [-0.3, -0.25) is 14.7 Å². The molecule has 8 heteroatoms. The number of piperidine rings is 1. The fourth-order valence-electron chi connectivity index (χ4n) is 3.74. The molecule has 0 spiro atoms. The van der Waals surface area contributed by atoms with E-state index in [1.54, 1.807) is 12.4 Å². The summed E-state index contributed by atoms with van der Waals surface area (Å²) in [5, 5.41) is 2.64. The van der Waals surface area contributed by atoms with E-state index in [4.69, 9.17) is 4.74 Å². The highest BCUT2D eigenvalue weighted by Gasteiger charge is 2.39. The predicted octanol–water partition coefficient (Wildman–Crippen LogP) is 3.04. The highest BCUT2D eigenvalue weighted by Crippen LogP contribution is 2.27. The lowest BCUT2D eigenvalue weighted by Gasteiger charge is -2.37. The van der Waals surface area contributed by atoms with E-state index in [1.807, 2.05) is 27.3 Å². The lowest BCUT2D eigenvalue weighted by atomic mass is 10.0. The molecule has 2 aliphatic rings. The zero-order valence-electron chi connectivity index (χ0n) is 15.2. The molecule has 2 aliphatic heterocycles. The quantitative estimate of drug-likeness (QED) is 0.807. The number of hydrogen-bond acceptors (Lipinski definition) is 6. The van der Waals surface area contributed by atoms with Crippen LogP contribution in [0.3, 0.4) is 0 Å². The number of cyclic esters (lactones) is 1. The Hall–Kier alpha value is -2.48. The van der Waals surface area contributed by atoms with E-state index in [0.29, 0.717) is 25.4 Å². The van der Waals surface area contributed by atoms with E-state index in [1.165, 1.54) is 11.3 Å². The zero-order chi connectivity index (χ0) is 18.8. The molecule has 0 aliphatic carbocycles. The van der Waals surface area contributed by atoms with E-state index in [9.17, 15) is 9.59 Å². The largest absolute Gasteiger partial charge is 0.447 e. The number of carbonyl (C=O) groups is 2. The van der Waals surface area contributed by atoms with Gasteiger partial charge in [0.1, 0.15) is 17.3 Å². The number of nitrogens with zero attached hydrogens (tertiary/aromatic N) is 4. The molecule has 142 valence electrons. The molecule has 2 aromatic heterocycles. The summed E-state index contributed by atoms with van der Waals surface area (Å²) in [6.45, 7) is 3.81. The topological polar surface area (TPSA) is 75.6 Å². The summed E-state index contributed by atoms with van der Waals surface area (Å²) >= 11 is 1.46. The van der Waals surface area contributed by atoms with Crippen molar-refractivity contribution in [1.82, 2.24) is 19.8 Å². The second-order valence-corrected chi connectivity index (χ2v) is 7.70. The Morgan fingerprint density at radius 3 is 2.74 bits per heavy atom. The second kappa shape index (κ2) is 7.64. The van der Waals surface area contributed by atoms with Gasteiger partial charge in [0.25, 0.3) is 5.91 Å².